The van der Waals surface area contributed by atoms with Crippen molar-refractivity contribution in [3.8, 4) is 17.2 Å². The molecular weight excluding hydrogens is 623 g/mol. The molecule has 3 fully saturated rings. The number of rotatable bonds is 4. The number of phenolic OH excluding ortho intramolecular Hbond substituents is 1. The van der Waals surface area contributed by atoms with Crippen LogP contribution in [0, 0.1) is 17.8 Å². The van der Waals surface area contributed by atoms with E-state index in [1.54, 1.807) is 6.08 Å². The topological polar surface area (TPSA) is 140 Å². The van der Waals surface area contributed by atoms with E-state index < -0.39 is 63.1 Å². The fraction of sp³-hybridized carbons (Fsp3) is 0.480. The molecule has 39 heavy (non-hydrogen) atoms. The van der Waals surface area contributed by atoms with Gasteiger partial charge in [-0.15, -0.1) is 23.2 Å². The first-order valence-corrected chi connectivity index (χ1v) is 13.7. The number of amides is 5. The maximum Gasteiger partial charge on any atom is 0.423 e. The number of aromatic hydroxyl groups is 1. The molecule has 1 N–H and O–H groups in total. The second kappa shape index (κ2) is 9.38. The number of nitrogens with zero attached hydrogens (tertiary/aromatic N) is 2. The summed E-state index contributed by atoms with van der Waals surface area (Å²) in [6.07, 6.45) is 0.440. The van der Waals surface area contributed by atoms with Crippen LogP contribution in [0.5, 0.6) is 17.2 Å². The van der Waals surface area contributed by atoms with Crippen molar-refractivity contribution in [3.63, 3.8) is 0 Å². The average Bonchev–Trinajstić information content (AvgIpc) is 3.26. The predicted molar refractivity (Wildman–Crippen MR) is 139 cm³/mol. The van der Waals surface area contributed by atoms with E-state index in [0.717, 1.165) is 12.0 Å². The minimum Gasteiger partial charge on any atom is -0.502 e. The van der Waals surface area contributed by atoms with Crippen molar-refractivity contribution in [2.45, 2.75) is 28.5 Å². The third-order valence-corrected chi connectivity index (χ3v) is 10.1. The van der Waals surface area contributed by atoms with Crippen LogP contribution in [0.25, 0.3) is 0 Å². The Balaban J connectivity index is 1.76. The van der Waals surface area contributed by atoms with E-state index in [-0.39, 0.29) is 35.5 Å². The maximum atomic E-state index is 13.8. The van der Waals surface area contributed by atoms with Crippen molar-refractivity contribution in [1.29, 1.82) is 0 Å². The molecule has 6 atom stereocenters. The Morgan fingerprint density at radius 3 is 2.21 bits per heavy atom. The SMILES string of the molecule is COC(=O)N1C(=O)[C@H]2[C@H](CC=C3[C@H]2C[C@@]2(Cl)C(=O)N(CBr)C(=O)[C@@]2(Cl)[C@H]3c2cc(OC)c(O)c(OC)c2)C1=O. The molecule has 0 bridgehead atoms. The molecule has 2 saturated heterocycles. The van der Waals surface area contributed by atoms with Gasteiger partial charge in [-0.05, 0) is 36.5 Å². The van der Waals surface area contributed by atoms with Crippen LogP contribution in [0.1, 0.15) is 24.3 Å². The molecule has 11 nitrogen and oxygen atoms in total. The minimum absolute atomic E-state index is 0.0132. The third kappa shape index (κ3) is 3.43. The smallest absolute Gasteiger partial charge is 0.423 e. The Morgan fingerprint density at radius 1 is 1.05 bits per heavy atom. The van der Waals surface area contributed by atoms with Gasteiger partial charge in [0.25, 0.3) is 11.8 Å². The van der Waals surface area contributed by atoms with Crippen molar-refractivity contribution in [2.75, 3.05) is 26.8 Å². The number of carbonyl (C=O) groups is 5. The van der Waals surface area contributed by atoms with Crippen LogP contribution >= 0.6 is 39.1 Å². The zero-order valence-electron chi connectivity index (χ0n) is 20.9. The number of hydrogen-bond donors (Lipinski definition) is 1. The number of allylic oxidation sites excluding steroid dienone is 2. The Kier molecular flexibility index (Phi) is 6.67. The van der Waals surface area contributed by atoms with Crippen LogP contribution < -0.4 is 9.47 Å². The van der Waals surface area contributed by atoms with Gasteiger partial charge in [0.1, 0.15) is 0 Å². The summed E-state index contributed by atoms with van der Waals surface area (Å²) in [5, 5.41) is 10.5. The van der Waals surface area contributed by atoms with Gasteiger partial charge in [-0.2, -0.15) is 4.90 Å². The molecule has 208 valence electrons. The fourth-order valence-corrected chi connectivity index (χ4v) is 7.90. The van der Waals surface area contributed by atoms with Gasteiger partial charge >= 0.3 is 6.09 Å². The monoisotopic (exact) mass is 644 g/mol. The number of likely N-dealkylation sites (tertiary alicyclic amines) is 2. The van der Waals surface area contributed by atoms with Crippen LogP contribution in [-0.4, -0.2) is 81.2 Å². The van der Waals surface area contributed by atoms with E-state index in [0.29, 0.717) is 16.0 Å². The molecule has 0 unspecified atom stereocenters. The number of carbonyl (C=O) groups excluding carboxylic acids is 5. The Hall–Kier alpha value is -2.83. The van der Waals surface area contributed by atoms with E-state index in [1.165, 1.54) is 26.4 Å². The highest BCUT2D eigenvalue weighted by Crippen LogP contribution is 2.66. The van der Waals surface area contributed by atoms with Gasteiger partial charge in [0.15, 0.2) is 21.2 Å². The average molecular weight is 646 g/mol. The summed E-state index contributed by atoms with van der Waals surface area (Å²) in [6, 6.07) is 2.91. The third-order valence-electron chi connectivity index (χ3n) is 8.21. The first-order valence-electron chi connectivity index (χ1n) is 11.8. The summed E-state index contributed by atoms with van der Waals surface area (Å²) in [5.41, 5.74) is 0.657. The van der Waals surface area contributed by atoms with Crippen LogP contribution in [0.2, 0.25) is 0 Å². The first kappa shape index (κ1) is 27.7. The molecule has 0 spiro atoms. The van der Waals surface area contributed by atoms with Crippen molar-refractivity contribution in [1.82, 2.24) is 9.80 Å². The summed E-state index contributed by atoms with van der Waals surface area (Å²) >= 11 is 17.4. The van der Waals surface area contributed by atoms with Gasteiger partial charge in [-0.25, -0.2) is 4.79 Å². The summed E-state index contributed by atoms with van der Waals surface area (Å²) in [4.78, 5) is 63.6. The minimum atomic E-state index is -2.05. The Bertz CT molecular complexity index is 1340. The van der Waals surface area contributed by atoms with E-state index >= 15 is 0 Å². The number of hydrogen-bond acceptors (Lipinski definition) is 9. The number of imide groups is 4. The highest BCUT2D eigenvalue weighted by atomic mass is 79.9. The standard InChI is InChI=1S/C25H23BrCl2N2O9/c1-37-14-6-10(7-15(38-2)18(14)31)17-11-4-5-12-16(20(33)30(19(12)32)23(36)39-3)13(11)8-24(27)21(34)29(9-26)22(35)25(17,24)28/h4,6-7,12-13,16-17,31H,5,8-9H2,1-3H3/t12-,13+,16-,17-,24+,25-/m0/s1. The molecule has 1 aromatic carbocycles. The quantitative estimate of drug-likeness (QED) is 0.227. The molecule has 0 aromatic heterocycles. The van der Waals surface area contributed by atoms with Gasteiger partial charge in [0, 0.05) is 5.92 Å². The Morgan fingerprint density at radius 2 is 1.67 bits per heavy atom. The van der Waals surface area contributed by atoms with Gasteiger partial charge < -0.3 is 19.3 Å². The van der Waals surface area contributed by atoms with E-state index in [1.807, 2.05) is 0 Å². The molecule has 1 aromatic rings. The second-order valence-electron chi connectivity index (χ2n) is 9.74. The number of ether oxygens (including phenoxy) is 3. The molecule has 1 saturated carbocycles. The molecule has 14 heteroatoms. The number of fused-ring (bicyclic) bond motifs is 4. The molecule has 2 aliphatic heterocycles. The fourth-order valence-electron chi connectivity index (χ4n) is 6.48. The predicted octanol–water partition coefficient (Wildman–Crippen LogP) is 2.89. The van der Waals surface area contributed by atoms with Crippen molar-refractivity contribution < 1.29 is 43.3 Å². The highest BCUT2D eigenvalue weighted by molar-refractivity contribution is 9.09. The van der Waals surface area contributed by atoms with Gasteiger partial charge in [0.2, 0.25) is 17.6 Å². The molecule has 4 aliphatic rings. The summed E-state index contributed by atoms with van der Waals surface area (Å²) < 4.78 is 15.3. The lowest BCUT2D eigenvalue weighted by atomic mass is 9.56. The largest absolute Gasteiger partial charge is 0.502 e. The lowest BCUT2D eigenvalue weighted by Gasteiger charge is -2.50. The van der Waals surface area contributed by atoms with E-state index in [4.69, 9.17) is 32.7 Å². The van der Waals surface area contributed by atoms with Crippen molar-refractivity contribution >= 4 is 68.9 Å². The number of benzene rings is 1. The van der Waals surface area contributed by atoms with Gasteiger partial charge in [-0.1, -0.05) is 27.6 Å². The summed E-state index contributed by atoms with van der Waals surface area (Å²) in [7, 11) is 3.72. The van der Waals surface area contributed by atoms with Crippen LogP contribution in [0.3, 0.4) is 0 Å². The Labute approximate surface area is 241 Å². The van der Waals surface area contributed by atoms with Crippen LogP contribution in [0.15, 0.2) is 23.8 Å². The van der Waals surface area contributed by atoms with Crippen molar-refractivity contribution in [2.24, 2.45) is 17.8 Å². The maximum absolute atomic E-state index is 13.8. The zero-order chi connectivity index (χ0) is 28.6. The van der Waals surface area contributed by atoms with Crippen molar-refractivity contribution in [3.05, 3.63) is 29.3 Å². The number of methoxy groups -OCH3 is 3. The molecule has 2 aliphatic carbocycles. The molecule has 0 radical (unpaired) electrons. The first-order chi connectivity index (χ1) is 18.4. The molecule has 2 heterocycles. The van der Waals surface area contributed by atoms with Crippen LogP contribution in [-0.2, 0) is 23.9 Å². The molecule has 5 amide bonds. The number of phenols is 1. The lowest BCUT2D eigenvalue weighted by molar-refractivity contribution is -0.140. The number of halogens is 3. The van der Waals surface area contributed by atoms with E-state index in [9.17, 15) is 29.1 Å². The van der Waals surface area contributed by atoms with Gasteiger partial charge in [0.05, 0.1) is 38.6 Å². The summed E-state index contributed by atoms with van der Waals surface area (Å²) in [6.45, 7) is 0. The summed E-state index contributed by atoms with van der Waals surface area (Å²) in [5.74, 6) is -7.13. The second-order valence-corrected chi connectivity index (χ2v) is 11.5. The number of alkyl halides is 3. The van der Waals surface area contributed by atoms with Crippen LogP contribution in [0.4, 0.5) is 4.79 Å². The lowest BCUT2D eigenvalue weighted by Crippen LogP contribution is -2.60. The zero-order valence-corrected chi connectivity index (χ0v) is 24.0. The molecular formula is C25H23BrCl2N2O9. The van der Waals surface area contributed by atoms with Gasteiger partial charge in [-0.3, -0.25) is 24.1 Å². The highest BCUT2D eigenvalue weighted by Gasteiger charge is 2.76. The van der Waals surface area contributed by atoms with E-state index in [2.05, 4.69) is 20.7 Å². The molecule has 5 rings (SSSR count). The normalized spacial score (nSPS) is 33.4.